The van der Waals surface area contributed by atoms with Gasteiger partial charge in [-0.05, 0) is 46.8 Å². The number of hydrogen-bond donors (Lipinski definition) is 4. The molecule has 0 aliphatic heterocycles. The van der Waals surface area contributed by atoms with Crippen molar-refractivity contribution in [3.63, 3.8) is 0 Å². The standard InChI is InChI=1S/C22H33N4O9P/c1-14(2)33-20(29)15(3)25-36(31,35-18-9-7-6-8-10-18)32-13-22(23,16(4)27)34-17(5)26-12-11-19(28)24-21(26)30/h6-12,14-17,27H,13,23H2,1-5H3,(H,25,31)(H,24,28,30)/t15?,16-,17+,22+,36?/m0/s1. The minimum atomic E-state index is -4.30. The molecule has 2 unspecified atom stereocenters. The SMILES string of the molecule is CC(C)OC(=O)C(C)NP(=O)(OC[C@@](N)(O[C@H](C)n1ccc(=O)[nH]c1=O)[C@H](C)O)Oc1ccccc1. The molecule has 2 aromatic rings. The van der Waals surface area contributed by atoms with Crippen molar-refractivity contribution in [3.8, 4) is 5.75 Å². The molecule has 2 rings (SSSR count). The predicted molar refractivity (Wildman–Crippen MR) is 130 cm³/mol. The minimum absolute atomic E-state index is 0.173. The molecule has 0 amide bonds. The Morgan fingerprint density at radius 3 is 2.36 bits per heavy atom. The highest BCUT2D eigenvalue weighted by molar-refractivity contribution is 7.52. The maximum Gasteiger partial charge on any atom is 0.459 e. The number of esters is 1. The minimum Gasteiger partial charge on any atom is -0.462 e. The topological polar surface area (TPSA) is 184 Å². The first-order chi connectivity index (χ1) is 16.7. The van der Waals surface area contributed by atoms with Crippen molar-refractivity contribution >= 4 is 13.7 Å². The number of aliphatic hydroxyl groups is 1. The van der Waals surface area contributed by atoms with E-state index in [9.17, 15) is 24.1 Å². The first-order valence-electron chi connectivity index (χ1n) is 11.2. The number of hydrogen-bond acceptors (Lipinski definition) is 10. The van der Waals surface area contributed by atoms with Gasteiger partial charge in [0.1, 0.15) is 24.6 Å². The van der Waals surface area contributed by atoms with Crippen LogP contribution in [0.3, 0.4) is 0 Å². The van der Waals surface area contributed by atoms with Gasteiger partial charge in [-0.15, -0.1) is 0 Å². The van der Waals surface area contributed by atoms with Crippen molar-refractivity contribution in [2.24, 2.45) is 5.73 Å². The molecule has 0 fully saturated rings. The molecule has 0 bridgehead atoms. The van der Waals surface area contributed by atoms with Crippen LogP contribution in [0.4, 0.5) is 0 Å². The van der Waals surface area contributed by atoms with E-state index in [-0.39, 0.29) is 5.75 Å². The van der Waals surface area contributed by atoms with E-state index in [1.807, 2.05) is 0 Å². The molecule has 13 nitrogen and oxygen atoms in total. The molecule has 0 aliphatic rings. The number of rotatable bonds is 13. The van der Waals surface area contributed by atoms with Gasteiger partial charge in [-0.1, -0.05) is 18.2 Å². The number of nitrogens with two attached hydrogens (primary N) is 1. The van der Waals surface area contributed by atoms with E-state index in [0.717, 1.165) is 10.6 Å². The zero-order valence-corrected chi connectivity index (χ0v) is 21.6. The largest absolute Gasteiger partial charge is 0.462 e. The Kier molecular flexibility index (Phi) is 10.2. The highest BCUT2D eigenvalue weighted by Crippen LogP contribution is 2.45. The fourth-order valence-corrected chi connectivity index (χ4v) is 4.39. The normalized spacial score (nSPS) is 17.4. The lowest BCUT2D eigenvalue weighted by Gasteiger charge is -2.36. The fraction of sp³-hybridized carbons (Fsp3) is 0.500. The zero-order chi connectivity index (χ0) is 27.1. The van der Waals surface area contributed by atoms with Crippen LogP contribution < -0.4 is 26.6 Å². The molecule has 0 spiro atoms. The van der Waals surface area contributed by atoms with Crippen LogP contribution in [0.25, 0.3) is 0 Å². The summed E-state index contributed by atoms with van der Waals surface area (Å²) in [6.07, 6.45) is -1.66. The Balaban J connectivity index is 2.27. The lowest BCUT2D eigenvalue weighted by atomic mass is 10.1. The Morgan fingerprint density at radius 1 is 1.17 bits per heavy atom. The second-order valence-corrected chi connectivity index (χ2v) is 10.1. The van der Waals surface area contributed by atoms with Gasteiger partial charge in [0.15, 0.2) is 5.72 Å². The van der Waals surface area contributed by atoms with Gasteiger partial charge in [0.2, 0.25) is 0 Å². The number of carbonyl (C=O) groups excluding carboxylic acids is 1. The van der Waals surface area contributed by atoms with Gasteiger partial charge >= 0.3 is 19.4 Å². The molecule has 14 heteroatoms. The number of aliphatic hydroxyl groups excluding tert-OH is 1. The van der Waals surface area contributed by atoms with Gasteiger partial charge in [-0.2, -0.15) is 5.09 Å². The quantitative estimate of drug-likeness (QED) is 0.167. The van der Waals surface area contributed by atoms with Crippen LogP contribution in [0.1, 0.15) is 40.8 Å². The molecule has 1 aromatic heterocycles. The molecular formula is C22H33N4O9P. The second kappa shape index (κ2) is 12.4. The molecule has 5 N–H and O–H groups in total. The lowest BCUT2D eigenvalue weighted by Crippen LogP contribution is -2.57. The molecule has 0 radical (unpaired) electrons. The lowest BCUT2D eigenvalue weighted by molar-refractivity contribution is -0.182. The van der Waals surface area contributed by atoms with Crippen LogP contribution in [0.15, 0.2) is 52.2 Å². The van der Waals surface area contributed by atoms with E-state index in [0.29, 0.717) is 0 Å². The molecule has 1 aromatic carbocycles. The van der Waals surface area contributed by atoms with Crippen molar-refractivity contribution in [1.82, 2.24) is 14.6 Å². The average molecular weight is 528 g/mol. The summed E-state index contributed by atoms with van der Waals surface area (Å²) in [5.41, 5.74) is 2.88. The van der Waals surface area contributed by atoms with E-state index in [1.54, 1.807) is 32.0 Å². The molecule has 5 atom stereocenters. The predicted octanol–water partition coefficient (Wildman–Crippen LogP) is 1.24. The number of benzene rings is 1. The highest BCUT2D eigenvalue weighted by Gasteiger charge is 2.40. The van der Waals surface area contributed by atoms with Crippen molar-refractivity contribution in [2.45, 2.75) is 64.8 Å². The second-order valence-electron chi connectivity index (χ2n) is 8.38. The van der Waals surface area contributed by atoms with Crippen molar-refractivity contribution in [2.75, 3.05) is 6.61 Å². The van der Waals surface area contributed by atoms with Crippen LogP contribution in [0, 0.1) is 0 Å². The molecule has 36 heavy (non-hydrogen) atoms. The maximum atomic E-state index is 13.6. The Labute approximate surface area is 208 Å². The van der Waals surface area contributed by atoms with Crippen LogP contribution in [0.2, 0.25) is 0 Å². The van der Waals surface area contributed by atoms with Gasteiger partial charge in [-0.25, -0.2) is 9.36 Å². The maximum absolute atomic E-state index is 13.6. The Hall–Kier alpha value is -2.80. The summed E-state index contributed by atoms with van der Waals surface area (Å²) in [5, 5.41) is 12.8. The van der Waals surface area contributed by atoms with E-state index < -0.39 is 61.8 Å². The monoisotopic (exact) mass is 528 g/mol. The van der Waals surface area contributed by atoms with Gasteiger partial charge in [0.25, 0.3) is 5.56 Å². The van der Waals surface area contributed by atoms with Crippen LogP contribution in [0.5, 0.6) is 5.75 Å². The summed E-state index contributed by atoms with van der Waals surface area (Å²) < 4.78 is 36.6. The number of aromatic amines is 1. The smallest absolute Gasteiger partial charge is 0.459 e. The van der Waals surface area contributed by atoms with Gasteiger partial charge in [-0.3, -0.25) is 29.4 Å². The Morgan fingerprint density at radius 2 is 1.81 bits per heavy atom. The van der Waals surface area contributed by atoms with Gasteiger partial charge < -0.3 is 19.1 Å². The number of carbonyl (C=O) groups is 1. The van der Waals surface area contributed by atoms with Gasteiger partial charge in [0.05, 0.1) is 12.2 Å². The fourth-order valence-electron chi connectivity index (χ4n) is 2.86. The van der Waals surface area contributed by atoms with Crippen LogP contribution in [-0.4, -0.2) is 51.2 Å². The first kappa shape index (κ1) is 29.4. The number of nitrogens with one attached hydrogen (secondary N) is 2. The van der Waals surface area contributed by atoms with Crippen LogP contribution in [-0.2, 0) is 23.4 Å². The number of nitrogens with zero attached hydrogens (tertiary/aromatic N) is 1. The molecule has 0 aliphatic carbocycles. The summed E-state index contributed by atoms with van der Waals surface area (Å²) >= 11 is 0. The van der Waals surface area contributed by atoms with Crippen molar-refractivity contribution in [1.29, 1.82) is 0 Å². The molecule has 0 saturated heterocycles. The Bertz CT molecular complexity index is 1170. The summed E-state index contributed by atoms with van der Waals surface area (Å²) in [4.78, 5) is 37.8. The highest BCUT2D eigenvalue weighted by atomic mass is 31.2. The summed E-state index contributed by atoms with van der Waals surface area (Å²) in [6, 6.07) is 8.08. The van der Waals surface area contributed by atoms with Crippen molar-refractivity contribution in [3.05, 3.63) is 63.4 Å². The third-order valence-electron chi connectivity index (χ3n) is 4.83. The average Bonchev–Trinajstić information content (AvgIpc) is 2.77. The summed E-state index contributed by atoms with van der Waals surface area (Å²) in [5.74, 6) is -0.520. The van der Waals surface area contributed by atoms with Gasteiger partial charge in [0, 0.05) is 12.3 Å². The zero-order valence-electron chi connectivity index (χ0n) is 20.7. The molecule has 1 heterocycles. The summed E-state index contributed by atoms with van der Waals surface area (Å²) in [6.45, 7) is 6.82. The van der Waals surface area contributed by atoms with Crippen molar-refractivity contribution < 1.29 is 33.0 Å². The first-order valence-corrected chi connectivity index (χ1v) is 12.7. The number of H-pyrrole nitrogens is 1. The van der Waals surface area contributed by atoms with Crippen LogP contribution >= 0.6 is 7.75 Å². The summed E-state index contributed by atoms with van der Waals surface area (Å²) in [7, 11) is -4.30. The third kappa shape index (κ3) is 8.40. The van der Waals surface area contributed by atoms with E-state index in [1.165, 1.54) is 39.1 Å². The molecular weight excluding hydrogens is 495 g/mol. The molecule has 0 saturated carbocycles. The number of para-hydroxylation sites is 1. The third-order valence-corrected chi connectivity index (χ3v) is 6.45. The number of aromatic nitrogens is 2. The van der Waals surface area contributed by atoms with E-state index >= 15 is 0 Å². The van der Waals surface area contributed by atoms with E-state index in [2.05, 4.69) is 10.1 Å². The van der Waals surface area contributed by atoms with E-state index in [4.69, 9.17) is 24.3 Å². The molecule has 200 valence electrons. The number of ether oxygens (including phenoxy) is 2.